The average Bonchev–Trinajstić information content (AvgIpc) is 2.65. The summed E-state index contributed by atoms with van der Waals surface area (Å²) in [6.45, 7) is 2.13. The van der Waals surface area contributed by atoms with Crippen LogP contribution in [0.4, 0.5) is 0 Å². The maximum atomic E-state index is 3.46. The highest BCUT2D eigenvalue weighted by Crippen LogP contribution is 2.29. The lowest BCUT2D eigenvalue weighted by Crippen LogP contribution is -1.83. The maximum absolute atomic E-state index is 3.46. The maximum Gasteiger partial charge on any atom is 0.0491 e. The zero-order chi connectivity index (χ0) is 8.84. The van der Waals surface area contributed by atoms with Gasteiger partial charge in [-0.15, -0.1) is 0 Å². The van der Waals surface area contributed by atoms with Gasteiger partial charge < -0.3 is 4.98 Å². The smallest absolute Gasteiger partial charge is 0.0491 e. The number of H-pyrrole nitrogens is 1. The summed E-state index contributed by atoms with van der Waals surface area (Å²) in [5.74, 6) is 0. The van der Waals surface area contributed by atoms with Crippen LogP contribution in [0, 0.1) is 6.92 Å². The molecule has 1 aliphatic rings. The van der Waals surface area contributed by atoms with Gasteiger partial charge in [-0.2, -0.15) is 0 Å². The van der Waals surface area contributed by atoms with Gasteiger partial charge in [0.2, 0.25) is 0 Å². The second-order valence-corrected chi connectivity index (χ2v) is 3.97. The lowest BCUT2D eigenvalue weighted by atomic mass is 10.1. The molecule has 0 saturated heterocycles. The predicted molar refractivity (Wildman–Crippen MR) is 55.1 cm³/mol. The van der Waals surface area contributed by atoms with Gasteiger partial charge in [0.25, 0.3) is 0 Å². The fraction of sp³-hybridized carbons (Fsp3) is 0.333. The molecule has 1 N–H and O–H groups in total. The Morgan fingerprint density at radius 3 is 3.08 bits per heavy atom. The van der Waals surface area contributed by atoms with Crippen LogP contribution in [0.15, 0.2) is 18.2 Å². The summed E-state index contributed by atoms with van der Waals surface area (Å²) in [6, 6.07) is 6.76. The van der Waals surface area contributed by atoms with Gasteiger partial charge in [-0.25, -0.2) is 0 Å². The number of fused-ring (bicyclic) bond motifs is 3. The third kappa shape index (κ3) is 0.932. The summed E-state index contributed by atoms with van der Waals surface area (Å²) in [5, 5.41) is 1.37. The summed E-state index contributed by atoms with van der Waals surface area (Å²) >= 11 is 0. The molecule has 3 rings (SSSR count). The number of benzene rings is 1. The van der Waals surface area contributed by atoms with Gasteiger partial charge in [0.1, 0.15) is 0 Å². The largest absolute Gasteiger partial charge is 0.358 e. The van der Waals surface area contributed by atoms with Crippen LogP contribution >= 0.6 is 0 Å². The number of hydrogen-bond donors (Lipinski definition) is 1. The monoisotopic (exact) mass is 171 g/mol. The average molecular weight is 171 g/mol. The molecule has 0 radical (unpaired) electrons. The van der Waals surface area contributed by atoms with Crippen molar-refractivity contribution in [2.75, 3.05) is 0 Å². The Hall–Kier alpha value is -1.24. The molecule has 1 nitrogen and oxygen atoms in total. The first-order chi connectivity index (χ1) is 6.34. The van der Waals surface area contributed by atoms with Crippen LogP contribution in [0.3, 0.4) is 0 Å². The van der Waals surface area contributed by atoms with Crippen molar-refractivity contribution in [2.24, 2.45) is 0 Å². The molecule has 0 spiro atoms. The molecule has 0 amide bonds. The highest BCUT2D eigenvalue weighted by Gasteiger charge is 2.14. The second kappa shape index (κ2) is 2.38. The van der Waals surface area contributed by atoms with E-state index in [0.717, 1.165) is 0 Å². The van der Waals surface area contributed by atoms with E-state index in [9.17, 15) is 0 Å². The summed E-state index contributed by atoms with van der Waals surface area (Å²) in [4.78, 5) is 3.46. The van der Waals surface area contributed by atoms with Crippen molar-refractivity contribution in [3.63, 3.8) is 0 Å². The molecule has 66 valence electrons. The molecule has 0 atom stereocenters. The van der Waals surface area contributed by atoms with Crippen molar-refractivity contribution >= 4 is 10.9 Å². The Morgan fingerprint density at radius 2 is 2.15 bits per heavy atom. The van der Waals surface area contributed by atoms with E-state index in [1.54, 1.807) is 11.1 Å². The van der Waals surface area contributed by atoms with E-state index in [-0.39, 0.29) is 0 Å². The zero-order valence-electron chi connectivity index (χ0n) is 7.85. The van der Waals surface area contributed by atoms with E-state index >= 15 is 0 Å². The Kier molecular flexibility index (Phi) is 1.32. The van der Waals surface area contributed by atoms with E-state index in [1.165, 1.54) is 35.9 Å². The molecule has 1 heteroatoms. The molecule has 13 heavy (non-hydrogen) atoms. The standard InChI is InChI=1S/C12H13N/c1-8-7-10-6-5-9-3-2-4-11(9)12(10)13-8/h5-7,13H,2-4H2,1H3. The van der Waals surface area contributed by atoms with Crippen LogP contribution < -0.4 is 0 Å². The summed E-state index contributed by atoms with van der Waals surface area (Å²) < 4.78 is 0. The third-order valence-electron chi connectivity index (χ3n) is 3.01. The summed E-state index contributed by atoms with van der Waals surface area (Å²) in [5.41, 5.74) is 5.77. The van der Waals surface area contributed by atoms with Crippen molar-refractivity contribution < 1.29 is 0 Å². The van der Waals surface area contributed by atoms with Crippen LogP contribution in [-0.2, 0) is 12.8 Å². The van der Waals surface area contributed by atoms with Crippen molar-refractivity contribution in [1.82, 2.24) is 4.98 Å². The van der Waals surface area contributed by atoms with Crippen molar-refractivity contribution in [3.8, 4) is 0 Å². The lowest BCUT2D eigenvalue weighted by molar-refractivity contribution is 0.912. The molecule has 0 saturated carbocycles. The minimum atomic E-state index is 1.26. The number of aromatic nitrogens is 1. The van der Waals surface area contributed by atoms with Crippen LogP contribution in [0.1, 0.15) is 23.2 Å². The third-order valence-corrected chi connectivity index (χ3v) is 3.01. The Bertz CT molecular complexity index is 465. The molecule has 1 aliphatic carbocycles. The Morgan fingerprint density at radius 1 is 1.23 bits per heavy atom. The molecular formula is C12H13N. The molecule has 0 fully saturated rings. The molecule has 0 unspecified atom stereocenters. The molecule has 1 aromatic carbocycles. The fourth-order valence-corrected chi connectivity index (χ4v) is 2.42. The lowest BCUT2D eigenvalue weighted by Gasteiger charge is -1.99. The number of rotatable bonds is 0. The van der Waals surface area contributed by atoms with E-state index in [1.807, 2.05) is 0 Å². The molecule has 0 aliphatic heterocycles. The molecule has 0 bridgehead atoms. The topological polar surface area (TPSA) is 15.8 Å². The van der Waals surface area contributed by atoms with Crippen LogP contribution in [-0.4, -0.2) is 4.98 Å². The van der Waals surface area contributed by atoms with E-state index < -0.39 is 0 Å². The van der Waals surface area contributed by atoms with Gasteiger partial charge in [0, 0.05) is 11.2 Å². The first-order valence-corrected chi connectivity index (χ1v) is 4.95. The molecule has 1 heterocycles. The quantitative estimate of drug-likeness (QED) is 0.627. The first-order valence-electron chi connectivity index (χ1n) is 4.95. The van der Waals surface area contributed by atoms with Crippen molar-refractivity contribution in [1.29, 1.82) is 0 Å². The highest BCUT2D eigenvalue weighted by molar-refractivity contribution is 5.85. The van der Waals surface area contributed by atoms with Crippen molar-refractivity contribution in [3.05, 3.63) is 35.0 Å². The van der Waals surface area contributed by atoms with Gasteiger partial charge in [0.15, 0.2) is 0 Å². The van der Waals surface area contributed by atoms with Gasteiger partial charge in [-0.3, -0.25) is 0 Å². The molecule has 1 aromatic heterocycles. The summed E-state index contributed by atoms with van der Waals surface area (Å²) in [7, 11) is 0. The molecule has 2 aromatic rings. The van der Waals surface area contributed by atoms with Gasteiger partial charge in [-0.05, 0) is 48.8 Å². The first kappa shape index (κ1) is 7.19. The highest BCUT2D eigenvalue weighted by atomic mass is 14.7. The van der Waals surface area contributed by atoms with E-state index in [0.29, 0.717) is 0 Å². The fourth-order valence-electron chi connectivity index (χ4n) is 2.42. The van der Waals surface area contributed by atoms with Gasteiger partial charge in [-0.1, -0.05) is 12.1 Å². The number of aromatic amines is 1. The predicted octanol–water partition coefficient (Wildman–Crippen LogP) is 2.97. The van der Waals surface area contributed by atoms with Crippen LogP contribution in [0.25, 0.3) is 10.9 Å². The number of aryl methyl sites for hydroxylation is 3. The molecular weight excluding hydrogens is 158 g/mol. The van der Waals surface area contributed by atoms with Crippen LogP contribution in [0.2, 0.25) is 0 Å². The Balaban J connectivity index is 2.42. The minimum absolute atomic E-state index is 1.26. The number of hydrogen-bond acceptors (Lipinski definition) is 0. The second-order valence-electron chi connectivity index (χ2n) is 3.97. The SMILES string of the molecule is Cc1cc2ccc3c(c2[nH]1)CCC3. The number of nitrogens with one attached hydrogen (secondary N) is 1. The van der Waals surface area contributed by atoms with Gasteiger partial charge in [0.05, 0.1) is 0 Å². The normalized spacial score (nSPS) is 15.2. The van der Waals surface area contributed by atoms with Crippen molar-refractivity contribution in [2.45, 2.75) is 26.2 Å². The van der Waals surface area contributed by atoms with E-state index in [2.05, 4.69) is 30.1 Å². The zero-order valence-corrected chi connectivity index (χ0v) is 7.85. The summed E-state index contributed by atoms with van der Waals surface area (Å²) in [6.07, 6.45) is 3.85. The van der Waals surface area contributed by atoms with Gasteiger partial charge >= 0.3 is 0 Å². The van der Waals surface area contributed by atoms with Crippen LogP contribution in [0.5, 0.6) is 0 Å². The minimum Gasteiger partial charge on any atom is -0.358 e. The Labute approximate surface area is 77.8 Å². The van der Waals surface area contributed by atoms with E-state index in [4.69, 9.17) is 0 Å².